The lowest BCUT2D eigenvalue weighted by Crippen LogP contribution is -2.12. The Morgan fingerprint density at radius 2 is 2.00 bits per heavy atom. The van der Waals surface area contributed by atoms with Gasteiger partial charge in [0.25, 0.3) is 0 Å². The molecular formula is C11H15B. The topological polar surface area (TPSA) is 0 Å². The molecule has 1 unspecified atom stereocenters. The van der Waals surface area contributed by atoms with E-state index < -0.39 is 0 Å². The highest BCUT2D eigenvalue weighted by atomic mass is 14.1. The fraction of sp³-hybridized carbons (Fsp3) is 0.455. The molecule has 0 amide bonds. The minimum Gasteiger partial charge on any atom is -0.0935 e. The van der Waals surface area contributed by atoms with E-state index >= 15 is 0 Å². The van der Waals surface area contributed by atoms with Gasteiger partial charge in [-0.1, -0.05) is 55.6 Å². The Labute approximate surface area is 76.4 Å². The second kappa shape index (κ2) is 4.35. The molecule has 0 saturated heterocycles. The van der Waals surface area contributed by atoms with Gasteiger partial charge >= 0.3 is 0 Å². The van der Waals surface area contributed by atoms with Crippen LogP contribution in [0.15, 0.2) is 24.3 Å². The quantitative estimate of drug-likeness (QED) is 0.590. The van der Waals surface area contributed by atoms with E-state index in [4.69, 9.17) is 7.85 Å². The molecule has 1 rings (SSSR count). The molecule has 0 heterocycles. The van der Waals surface area contributed by atoms with Crippen LogP contribution in [-0.4, -0.2) is 7.85 Å². The van der Waals surface area contributed by atoms with Gasteiger partial charge in [0, 0.05) is 0 Å². The van der Waals surface area contributed by atoms with Crippen molar-refractivity contribution in [1.82, 2.24) is 0 Å². The third kappa shape index (κ3) is 2.40. The molecular weight excluding hydrogens is 143 g/mol. The van der Waals surface area contributed by atoms with Gasteiger partial charge < -0.3 is 0 Å². The summed E-state index contributed by atoms with van der Waals surface area (Å²) in [5.74, 6) is 0.731. The molecule has 0 bridgehead atoms. The summed E-state index contributed by atoms with van der Waals surface area (Å²) in [6, 6.07) is 8.11. The van der Waals surface area contributed by atoms with Gasteiger partial charge in [-0.2, -0.15) is 0 Å². The molecule has 1 atom stereocenters. The Hall–Kier alpha value is -0.715. The van der Waals surface area contributed by atoms with Gasteiger partial charge in [-0.3, -0.25) is 0 Å². The van der Waals surface area contributed by atoms with Crippen LogP contribution in [0.2, 0.25) is 0 Å². The summed E-state index contributed by atoms with van der Waals surface area (Å²) in [5, 5.41) is 0. The van der Waals surface area contributed by atoms with Crippen LogP contribution in [0.5, 0.6) is 0 Å². The first-order chi connectivity index (χ1) is 5.74. The van der Waals surface area contributed by atoms with Crippen molar-refractivity contribution in [3.05, 3.63) is 29.8 Å². The highest BCUT2D eigenvalue weighted by Crippen LogP contribution is 2.08. The number of benzene rings is 1. The van der Waals surface area contributed by atoms with Crippen LogP contribution in [-0.2, 0) is 6.42 Å². The van der Waals surface area contributed by atoms with Crippen molar-refractivity contribution in [1.29, 1.82) is 0 Å². The van der Waals surface area contributed by atoms with Crippen molar-refractivity contribution in [2.75, 3.05) is 0 Å². The van der Waals surface area contributed by atoms with Crippen LogP contribution in [0.3, 0.4) is 0 Å². The van der Waals surface area contributed by atoms with E-state index in [9.17, 15) is 0 Å². The molecule has 1 aromatic rings. The van der Waals surface area contributed by atoms with Gasteiger partial charge in [-0.05, 0) is 12.3 Å². The fourth-order valence-corrected chi connectivity index (χ4v) is 1.24. The van der Waals surface area contributed by atoms with E-state index in [2.05, 4.69) is 19.9 Å². The molecule has 1 heteroatoms. The van der Waals surface area contributed by atoms with Crippen molar-refractivity contribution < 1.29 is 0 Å². The molecule has 0 saturated carbocycles. The van der Waals surface area contributed by atoms with Gasteiger partial charge in [0.2, 0.25) is 0 Å². The molecule has 62 valence electrons. The van der Waals surface area contributed by atoms with Crippen molar-refractivity contribution in [2.24, 2.45) is 5.92 Å². The molecule has 0 N–H and O–H groups in total. The largest absolute Gasteiger partial charge is 0.114 e. The zero-order valence-corrected chi connectivity index (χ0v) is 7.88. The second-order valence-corrected chi connectivity index (χ2v) is 3.42. The molecule has 0 aliphatic carbocycles. The van der Waals surface area contributed by atoms with Crippen LogP contribution in [0.25, 0.3) is 0 Å². The third-order valence-electron chi connectivity index (χ3n) is 2.32. The van der Waals surface area contributed by atoms with E-state index in [0.29, 0.717) is 0 Å². The lowest BCUT2D eigenvalue weighted by Gasteiger charge is -2.10. The molecule has 0 aliphatic heterocycles. The van der Waals surface area contributed by atoms with Crippen molar-refractivity contribution in [3.8, 4) is 0 Å². The predicted octanol–water partition coefficient (Wildman–Crippen LogP) is 2.07. The van der Waals surface area contributed by atoms with Crippen LogP contribution < -0.4 is 5.46 Å². The van der Waals surface area contributed by atoms with Crippen molar-refractivity contribution >= 4 is 13.3 Å². The molecule has 12 heavy (non-hydrogen) atoms. The van der Waals surface area contributed by atoms with Gasteiger partial charge in [0.05, 0.1) is 0 Å². The van der Waals surface area contributed by atoms with Gasteiger partial charge in [-0.15, -0.1) is 0 Å². The molecule has 0 aliphatic rings. The predicted molar refractivity (Wildman–Crippen MR) is 55.0 cm³/mol. The lowest BCUT2D eigenvalue weighted by molar-refractivity contribution is 0.561. The zero-order valence-electron chi connectivity index (χ0n) is 7.88. The summed E-state index contributed by atoms with van der Waals surface area (Å²) in [6.07, 6.45) is 2.32. The Morgan fingerprint density at radius 1 is 1.33 bits per heavy atom. The smallest absolute Gasteiger partial charge is 0.0935 e. The highest BCUT2D eigenvalue weighted by molar-refractivity contribution is 6.33. The second-order valence-electron chi connectivity index (χ2n) is 3.42. The Balaban J connectivity index is 2.69. The van der Waals surface area contributed by atoms with Crippen LogP contribution in [0, 0.1) is 5.92 Å². The Bertz CT molecular complexity index is 243. The summed E-state index contributed by atoms with van der Waals surface area (Å²) in [7, 11) is 5.82. The normalized spacial score (nSPS) is 12.8. The summed E-state index contributed by atoms with van der Waals surface area (Å²) >= 11 is 0. The van der Waals surface area contributed by atoms with E-state index in [1.807, 2.05) is 18.2 Å². The van der Waals surface area contributed by atoms with Gasteiger partial charge in [-0.25, -0.2) is 0 Å². The SMILES string of the molecule is [B]c1ccccc1CC(C)CC. The Morgan fingerprint density at radius 3 is 2.58 bits per heavy atom. The van der Waals surface area contributed by atoms with Crippen LogP contribution in [0.1, 0.15) is 25.8 Å². The molecule has 0 fully saturated rings. The summed E-state index contributed by atoms with van der Waals surface area (Å²) in [5.41, 5.74) is 2.21. The first-order valence-corrected chi connectivity index (χ1v) is 4.57. The molecule has 0 spiro atoms. The zero-order chi connectivity index (χ0) is 8.97. The third-order valence-corrected chi connectivity index (χ3v) is 2.32. The summed E-state index contributed by atoms with van der Waals surface area (Å²) in [6.45, 7) is 4.47. The maximum Gasteiger partial charge on any atom is 0.114 e. The van der Waals surface area contributed by atoms with Crippen molar-refractivity contribution in [3.63, 3.8) is 0 Å². The number of hydrogen-bond acceptors (Lipinski definition) is 0. The van der Waals surface area contributed by atoms with Crippen LogP contribution in [0.4, 0.5) is 0 Å². The van der Waals surface area contributed by atoms with Crippen LogP contribution >= 0.6 is 0 Å². The lowest BCUT2D eigenvalue weighted by atomic mass is 9.86. The monoisotopic (exact) mass is 158 g/mol. The molecule has 2 radical (unpaired) electrons. The molecule has 0 nitrogen and oxygen atoms in total. The van der Waals surface area contributed by atoms with Gasteiger partial charge in [0.1, 0.15) is 7.85 Å². The first kappa shape index (κ1) is 9.37. The summed E-state index contributed by atoms with van der Waals surface area (Å²) < 4.78 is 0. The number of rotatable bonds is 3. The minimum atomic E-state index is 0.731. The van der Waals surface area contributed by atoms with Crippen molar-refractivity contribution in [2.45, 2.75) is 26.7 Å². The maximum absolute atomic E-state index is 5.82. The maximum atomic E-state index is 5.82. The highest BCUT2D eigenvalue weighted by Gasteiger charge is 2.01. The average molecular weight is 158 g/mol. The van der Waals surface area contributed by atoms with E-state index in [-0.39, 0.29) is 0 Å². The minimum absolute atomic E-state index is 0.731. The fourth-order valence-electron chi connectivity index (χ4n) is 1.24. The molecule has 1 aromatic carbocycles. The Kier molecular flexibility index (Phi) is 3.39. The molecule has 0 aromatic heterocycles. The first-order valence-electron chi connectivity index (χ1n) is 4.57. The van der Waals surface area contributed by atoms with E-state index in [1.165, 1.54) is 12.0 Å². The van der Waals surface area contributed by atoms with Gasteiger partial charge in [0.15, 0.2) is 0 Å². The average Bonchev–Trinajstić information content (AvgIpc) is 2.09. The van der Waals surface area contributed by atoms with E-state index in [1.54, 1.807) is 0 Å². The number of hydrogen-bond donors (Lipinski definition) is 0. The summed E-state index contributed by atoms with van der Waals surface area (Å²) in [4.78, 5) is 0. The van der Waals surface area contributed by atoms with E-state index in [0.717, 1.165) is 17.8 Å². The standard InChI is InChI=1S/C11H15B/c1-3-9(2)8-10-6-4-5-7-11(10)12/h4-7,9H,3,8H2,1-2H3.